The Labute approximate surface area is 118 Å². The lowest BCUT2D eigenvalue weighted by Gasteiger charge is -2.05. The zero-order valence-electron chi connectivity index (χ0n) is 10.3. The van der Waals surface area contributed by atoms with E-state index in [0.29, 0.717) is 24.9 Å². The fourth-order valence-electron chi connectivity index (χ4n) is 1.68. The zero-order valence-corrected chi connectivity index (χ0v) is 12.0. The summed E-state index contributed by atoms with van der Waals surface area (Å²) in [6, 6.07) is 3.81. The fraction of sp³-hybridized carbons (Fsp3) is 0.333. The SMILES string of the molecule is CCOCC(N)c1noc(-c2cc3sccc3s2)n1. The number of ether oxygens (including phenoxy) is 1. The Bertz CT molecular complexity index is 645. The van der Waals surface area contributed by atoms with Crippen molar-refractivity contribution in [2.75, 3.05) is 13.2 Å². The Morgan fingerprint density at radius 1 is 1.47 bits per heavy atom. The summed E-state index contributed by atoms with van der Waals surface area (Å²) in [6.45, 7) is 2.95. The minimum atomic E-state index is -0.349. The van der Waals surface area contributed by atoms with Gasteiger partial charge in [-0.1, -0.05) is 5.16 Å². The highest BCUT2D eigenvalue weighted by atomic mass is 32.1. The Morgan fingerprint density at radius 3 is 3.16 bits per heavy atom. The molecule has 0 radical (unpaired) electrons. The normalized spacial score (nSPS) is 13.2. The summed E-state index contributed by atoms with van der Waals surface area (Å²) in [6.07, 6.45) is 0. The second kappa shape index (κ2) is 5.38. The van der Waals surface area contributed by atoms with E-state index in [4.69, 9.17) is 15.0 Å². The van der Waals surface area contributed by atoms with Crippen LogP contribution >= 0.6 is 22.7 Å². The lowest BCUT2D eigenvalue weighted by atomic mass is 10.3. The zero-order chi connectivity index (χ0) is 13.2. The smallest absolute Gasteiger partial charge is 0.268 e. The minimum absolute atomic E-state index is 0.349. The van der Waals surface area contributed by atoms with Crippen molar-refractivity contribution in [2.24, 2.45) is 5.73 Å². The molecule has 3 aromatic heterocycles. The molecule has 5 nitrogen and oxygen atoms in total. The number of nitrogens with two attached hydrogens (primary N) is 1. The highest BCUT2D eigenvalue weighted by molar-refractivity contribution is 7.28. The van der Waals surface area contributed by atoms with Crippen molar-refractivity contribution >= 4 is 32.1 Å². The van der Waals surface area contributed by atoms with E-state index in [1.807, 2.05) is 6.92 Å². The Morgan fingerprint density at radius 2 is 2.37 bits per heavy atom. The lowest BCUT2D eigenvalue weighted by molar-refractivity contribution is 0.130. The Kier molecular flexibility index (Phi) is 3.61. The van der Waals surface area contributed by atoms with Crippen molar-refractivity contribution in [3.63, 3.8) is 0 Å². The third-order valence-electron chi connectivity index (χ3n) is 2.63. The van der Waals surface area contributed by atoms with Crippen LogP contribution in [0.25, 0.3) is 20.2 Å². The Balaban J connectivity index is 1.82. The molecule has 3 rings (SSSR count). The number of nitrogens with zero attached hydrogens (tertiary/aromatic N) is 2. The summed E-state index contributed by atoms with van der Waals surface area (Å²) in [7, 11) is 0. The summed E-state index contributed by atoms with van der Waals surface area (Å²) in [4.78, 5) is 5.32. The van der Waals surface area contributed by atoms with E-state index in [1.54, 1.807) is 22.7 Å². The van der Waals surface area contributed by atoms with E-state index in [9.17, 15) is 0 Å². The van der Waals surface area contributed by atoms with E-state index in [2.05, 4.69) is 27.7 Å². The molecule has 100 valence electrons. The fourth-order valence-corrected chi connectivity index (χ4v) is 3.71. The first-order chi connectivity index (χ1) is 9.28. The van der Waals surface area contributed by atoms with Gasteiger partial charge in [-0.05, 0) is 24.4 Å². The third-order valence-corrected chi connectivity index (χ3v) is 4.71. The lowest BCUT2D eigenvalue weighted by Crippen LogP contribution is -2.18. The van der Waals surface area contributed by atoms with Crippen molar-refractivity contribution < 1.29 is 9.26 Å². The largest absolute Gasteiger partial charge is 0.380 e. The molecule has 0 bridgehead atoms. The van der Waals surface area contributed by atoms with Crippen LogP contribution in [-0.4, -0.2) is 23.4 Å². The predicted molar refractivity (Wildman–Crippen MR) is 76.4 cm³/mol. The molecule has 0 saturated carbocycles. The molecule has 0 spiro atoms. The molecular weight excluding hydrogens is 282 g/mol. The van der Waals surface area contributed by atoms with Gasteiger partial charge in [-0.25, -0.2) is 0 Å². The van der Waals surface area contributed by atoms with E-state index in [-0.39, 0.29) is 6.04 Å². The summed E-state index contributed by atoms with van der Waals surface area (Å²) in [5.74, 6) is 1.01. The second-order valence-electron chi connectivity index (χ2n) is 3.98. The predicted octanol–water partition coefficient (Wildman–Crippen LogP) is 3.05. The van der Waals surface area contributed by atoms with Crippen LogP contribution in [0.2, 0.25) is 0 Å². The summed E-state index contributed by atoms with van der Waals surface area (Å²) in [5, 5.41) is 5.99. The third kappa shape index (κ3) is 2.55. The van der Waals surface area contributed by atoms with Gasteiger partial charge in [-0.3, -0.25) is 0 Å². The number of aromatic nitrogens is 2. The van der Waals surface area contributed by atoms with Gasteiger partial charge in [0, 0.05) is 16.0 Å². The van der Waals surface area contributed by atoms with Crippen LogP contribution in [0.4, 0.5) is 0 Å². The van der Waals surface area contributed by atoms with Gasteiger partial charge in [0.2, 0.25) is 0 Å². The molecule has 1 unspecified atom stereocenters. The molecule has 0 aliphatic rings. The molecule has 0 aliphatic heterocycles. The molecule has 3 aromatic rings. The molecule has 19 heavy (non-hydrogen) atoms. The van der Waals surface area contributed by atoms with Crippen LogP contribution in [0.1, 0.15) is 18.8 Å². The van der Waals surface area contributed by atoms with Crippen molar-refractivity contribution in [1.29, 1.82) is 0 Å². The van der Waals surface area contributed by atoms with Crippen LogP contribution in [0, 0.1) is 0 Å². The first-order valence-corrected chi connectivity index (χ1v) is 7.62. The van der Waals surface area contributed by atoms with Crippen molar-refractivity contribution in [2.45, 2.75) is 13.0 Å². The molecule has 1 atom stereocenters. The number of hydrogen-bond donors (Lipinski definition) is 1. The molecular formula is C12H13N3O2S2. The number of rotatable bonds is 5. The van der Waals surface area contributed by atoms with Gasteiger partial charge in [-0.2, -0.15) is 4.98 Å². The maximum atomic E-state index is 5.92. The topological polar surface area (TPSA) is 74.2 Å². The van der Waals surface area contributed by atoms with Gasteiger partial charge in [0.15, 0.2) is 5.82 Å². The minimum Gasteiger partial charge on any atom is -0.380 e. The van der Waals surface area contributed by atoms with Gasteiger partial charge < -0.3 is 15.0 Å². The first kappa shape index (κ1) is 12.7. The Hall–Kier alpha value is -1.28. The van der Waals surface area contributed by atoms with Crippen LogP contribution in [0.15, 0.2) is 22.0 Å². The maximum Gasteiger partial charge on any atom is 0.268 e. The number of hydrogen-bond acceptors (Lipinski definition) is 7. The van der Waals surface area contributed by atoms with Gasteiger partial charge in [-0.15, -0.1) is 22.7 Å². The summed E-state index contributed by atoms with van der Waals surface area (Å²) >= 11 is 3.34. The first-order valence-electron chi connectivity index (χ1n) is 5.92. The van der Waals surface area contributed by atoms with Crippen LogP contribution in [-0.2, 0) is 4.74 Å². The highest BCUT2D eigenvalue weighted by Crippen LogP contribution is 2.35. The van der Waals surface area contributed by atoms with Crippen molar-refractivity contribution in [1.82, 2.24) is 10.1 Å². The molecule has 0 aliphatic carbocycles. The average molecular weight is 295 g/mol. The van der Waals surface area contributed by atoms with Gasteiger partial charge in [0.1, 0.15) is 0 Å². The van der Waals surface area contributed by atoms with Crippen LogP contribution in [0.3, 0.4) is 0 Å². The molecule has 3 heterocycles. The summed E-state index contributed by atoms with van der Waals surface area (Å²) < 4.78 is 13.0. The van der Waals surface area contributed by atoms with Gasteiger partial charge in [0.25, 0.3) is 5.89 Å². The van der Waals surface area contributed by atoms with Gasteiger partial charge in [0.05, 0.1) is 17.5 Å². The maximum absolute atomic E-state index is 5.92. The molecule has 7 heteroatoms. The molecule has 0 fully saturated rings. The average Bonchev–Trinajstić information content (AvgIpc) is 3.08. The highest BCUT2D eigenvalue weighted by Gasteiger charge is 2.17. The van der Waals surface area contributed by atoms with E-state index in [0.717, 1.165) is 4.88 Å². The van der Waals surface area contributed by atoms with Crippen LogP contribution in [0.5, 0.6) is 0 Å². The number of thiophene rings is 2. The standard InChI is InChI=1S/C12H13N3O2S2/c1-2-16-6-7(13)11-14-12(17-15-11)10-5-9-8(19-10)3-4-18-9/h3-5,7H,2,6,13H2,1H3. The number of fused-ring (bicyclic) bond motifs is 1. The summed E-state index contributed by atoms with van der Waals surface area (Å²) in [5.41, 5.74) is 5.92. The monoisotopic (exact) mass is 295 g/mol. The van der Waals surface area contributed by atoms with E-state index < -0.39 is 0 Å². The van der Waals surface area contributed by atoms with E-state index in [1.165, 1.54) is 9.40 Å². The molecule has 2 N–H and O–H groups in total. The van der Waals surface area contributed by atoms with Crippen LogP contribution < -0.4 is 5.73 Å². The molecule has 0 saturated heterocycles. The molecule has 0 aromatic carbocycles. The quantitative estimate of drug-likeness (QED) is 0.783. The van der Waals surface area contributed by atoms with Crippen molar-refractivity contribution in [3.05, 3.63) is 23.3 Å². The van der Waals surface area contributed by atoms with Crippen molar-refractivity contribution in [3.8, 4) is 10.8 Å². The van der Waals surface area contributed by atoms with Gasteiger partial charge >= 0.3 is 0 Å². The molecule has 0 amide bonds. The van der Waals surface area contributed by atoms with E-state index >= 15 is 0 Å². The second-order valence-corrected chi connectivity index (χ2v) is 6.01.